The summed E-state index contributed by atoms with van der Waals surface area (Å²) in [6.45, 7) is 12.0. The molecule has 3 nitrogen and oxygen atoms in total. The first kappa shape index (κ1) is 14.1. The van der Waals surface area contributed by atoms with Gasteiger partial charge in [-0.3, -0.25) is 0 Å². The van der Waals surface area contributed by atoms with E-state index in [4.69, 9.17) is 14.6 Å². The number of aryl methyl sites for hydroxylation is 2. The highest BCUT2D eigenvalue weighted by atomic mass is 16.7. The minimum absolute atomic E-state index is 0.340. The van der Waals surface area contributed by atoms with Gasteiger partial charge in [0.1, 0.15) is 0 Å². The van der Waals surface area contributed by atoms with Crippen LogP contribution in [-0.4, -0.2) is 18.3 Å². The number of hydrogen-bond acceptors (Lipinski definition) is 3. The van der Waals surface area contributed by atoms with Crippen molar-refractivity contribution < 1.29 is 9.31 Å². The predicted molar refractivity (Wildman–Crippen MR) is 76.3 cm³/mol. The molecule has 1 fully saturated rings. The summed E-state index contributed by atoms with van der Waals surface area (Å²) in [5.74, 6) is 0. The van der Waals surface area contributed by atoms with E-state index in [-0.39, 0.29) is 18.3 Å². The van der Waals surface area contributed by atoms with Crippen LogP contribution >= 0.6 is 0 Å². The Kier molecular flexibility index (Phi) is 3.24. The van der Waals surface area contributed by atoms with E-state index in [0.29, 0.717) is 0 Å². The van der Waals surface area contributed by atoms with Crippen LogP contribution in [0.3, 0.4) is 0 Å². The van der Waals surface area contributed by atoms with Gasteiger partial charge in [0.2, 0.25) is 0 Å². The fourth-order valence-corrected chi connectivity index (χ4v) is 2.29. The normalized spacial score (nSPS) is 20.4. The number of benzene rings is 1. The van der Waals surface area contributed by atoms with Crippen LogP contribution in [0.25, 0.3) is 0 Å². The molecule has 2 rings (SSSR count). The molecule has 0 bridgehead atoms. The monoisotopic (exact) mass is 257 g/mol. The molecule has 0 atom stereocenters. The van der Waals surface area contributed by atoms with E-state index in [1.165, 1.54) is 0 Å². The minimum Gasteiger partial charge on any atom is -0.399 e. The van der Waals surface area contributed by atoms with Crippen molar-refractivity contribution in [1.29, 1.82) is 5.26 Å². The molecular formula is C15H20BNO2. The van der Waals surface area contributed by atoms with Gasteiger partial charge in [0, 0.05) is 0 Å². The molecule has 0 amide bonds. The molecule has 1 aliphatic rings. The van der Waals surface area contributed by atoms with Crippen LogP contribution in [0.2, 0.25) is 0 Å². The number of nitrogens with zero attached hydrogens (tertiary/aromatic N) is 1. The zero-order valence-electron chi connectivity index (χ0n) is 12.5. The summed E-state index contributed by atoms with van der Waals surface area (Å²) in [4.78, 5) is 0. The van der Waals surface area contributed by atoms with Crippen LogP contribution in [0.15, 0.2) is 12.1 Å². The zero-order valence-corrected chi connectivity index (χ0v) is 12.5. The van der Waals surface area contributed by atoms with E-state index in [1.807, 2.05) is 53.7 Å². The van der Waals surface area contributed by atoms with E-state index in [9.17, 15) is 0 Å². The Hall–Kier alpha value is -1.31. The van der Waals surface area contributed by atoms with Crippen molar-refractivity contribution in [2.75, 3.05) is 0 Å². The van der Waals surface area contributed by atoms with E-state index in [1.54, 1.807) is 0 Å². The highest BCUT2D eigenvalue weighted by molar-refractivity contribution is 6.62. The molecule has 1 heterocycles. The summed E-state index contributed by atoms with van der Waals surface area (Å²) in [5.41, 5.74) is 2.97. The van der Waals surface area contributed by atoms with Crippen molar-refractivity contribution in [1.82, 2.24) is 0 Å². The van der Waals surface area contributed by atoms with Gasteiger partial charge in [0.15, 0.2) is 0 Å². The summed E-state index contributed by atoms with van der Waals surface area (Å²) in [6, 6.07) is 6.19. The lowest BCUT2D eigenvalue weighted by atomic mass is 9.77. The van der Waals surface area contributed by atoms with E-state index in [2.05, 4.69) is 6.07 Å². The molecule has 0 spiro atoms. The van der Waals surface area contributed by atoms with Crippen LogP contribution in [0.5, 0.6) is 0 Å². The van der Waals surface area contributed by atoms with Gasteiger partial charge in [0.05, 0.1) is 22.8 Å². The smallest absolute Gasteiger partial charge is 0.399 e. The zero-order chi connectivity index (χ0) is 14.4. The van der Waals surface area contributed by atoms with Gasteiger partial charge in [-0.15, -0.1) is 0 Å². The summed E-state index contributed by atoms with van der Waals surface area (Å²) < 4.78 is 12.1. The van der Waals surface area contributed by atoms with Crippen LogP contribution in [-0.2, 0) is 9.31 Å². The third-order valence-corrected chi connectivity index (χ3v) is 4.19. The number of hydrogen-bond donors (Lipinski definition) is 0. The average Bonchev–Trinajstić information content (AvgIpc) is 2.47. The third-order valence-electron chi connectivity index (χ3n) is 4.19. The third kappa shape index (κ3) is 2.29. The minimum atomic E-state index is -0.366. The topological polar surface area (TPSA) is 42.2 Å². The Bertz CT molecular complexity index is 519. The quantitative estimate of drug-likeness (QED) is 0.726. The van der Waals surface area contributed by atoms with E-state index < -0.39 is 0 Å². The second-order valence-corrected chi connectivity index (χ2v) is 6.23. The maximum absolute atomic E-state index is 9.11. The molecule has 0 radical (unpaired) electrons. The van der Waals surface area contributed by atoms with Gasteiger partial charge in [-0.25, -0.2) is 0 Å². The molecule has 4 heteroatoms. The maximum Gasteiger partial charge on any atom is 0.494 e. The molecule has 1 aliphatic heterocycles. The van der Waals surface area contributed by atoms with Crippen molar-refractivity contribution in [2.24, 2.45) is 0 Å². The molecule has 0 aromatic heterocycles. The molecule has 0 unspecified atom stereocenters. The van der Waals surface area contributed by atoms with E-state index in [0.717, 1.165) is 22.2 Å². The van der Waals surface area contributed by atoms with Crippen LogP contribution in [0.1, 0.15) is 44.4 Å². The molecule has 0 saturated carbocycles. The van der Waals surface area contributed by atoms with Crippen molar-refractivity contribution in [2.45, 2.75) is 52.7 Å². The van der Waals surface area contributed by atoms with E-state index >= 15 is 0 Å². The van der Waals surface area contributed by atoms with Crippen molar-refractivity contribution in [3.8, 4) is 6.07 Å². The lowest BCUT2D eigenvalue weighted by molar-refractivity contribution is 0.00578. The molecular weight excluding hydrogens is 237 g/mol. The molecule has 0 aliphatic carbocycles. The second kappa shape index (κ2) is 4.36. The first-order valence-electron chi connectivity index (χ1n) is 6.55. The van der Waals surface area contributed by atoms with Crippen molar-refractivity contribution in [3.05, 3.63) is 28.8 Å². The molecule has 19 heavy (non-hydrogen) atoms. The molecule has 1 aromatic rings. The fraction of sp³-hybridized carbons (Fsp3) is 0.533. The SMILES string of the molecule is Cc1cc(B2OC(C)(C)C(C)(C)O2)cc(C)c1C#N. The number of nitriles is 1. The van der Waals surface area contributed by atoms with Gasteiger partial charge < -0.3 is 9.31 Å². The van der Waals surface area contributed by atoms with Crippen molar-refractivity contribution >= 4 is 12.6 Å². The molecule has 1 saturated heterocycles. The van der Waals surface area contributed by atoms with Gasteiger partial charge in [0.25, 0.3) is 0 Å². The van der Waals surface area contributed by atoms with Crippen LogP contribution in [0.4, 0.5) is 0 Å². The molecule has 100 valence electrons. The first-order chi connectivity index (χ1) is 8.68. The Morgan fingerprint density at radius 1 is 1.00 bits per heavy atom. The molecule has 1 aromatic carbocycles. The highest BCUT2D eigenvalue weighted by Crippen LogP contribution is 2.36. The lowest BCUT2D eigenvalue weighted by Gasteiger charge is -2.32. The lowest BCUT2D eigenvalue weighted by Crippen LogP contribution is -2.41. The largest absolute Gasteiger partial charge is 0.494 e. The van der Waals surface area contributed by atoms with Crippen LogP contribution < -0.4 is 5.46 Å². The average molecular weight is 257 g/mol. The Morgan fingerprint density at radius 3 is 1.79 bits per heavy atom. The summed E-state index contributed by atoms with van der Waals surface area (Å²) >= 11 is 0. The second-order valence-electron chi connectivity index (χ2n) is 6.23. The first-order valence-corrected chi connectivity index (χ1v) is 6.55. The Labute approximate surface area is 115 Å². The Balaban J connectivity index is 2.39. The number of rotatable bonds is 1. The highest BCUT2D eigenvalue weighted by Gasteiger charge is 2.51. The van der Waals surface area contributed by atoms with Crippen LogP contribution in [0, 0.1) is 25.2 Å². The van der Waals surface area contributed by atoms with Gasteiger partial charge in [-0.2, -0.15) is 5.26 Å². The Morgan fingerprint density at radius 2 is 1.42 bits per heavy atom. The molecule has 0 N–H and O–H groups in total. The fourth-order valence-electron chi connectivity index (χ4n) is 2.29. The van der Waals surface area contributed by atoms with Gasteiger partial charge in [-0.05, 0) is 58.1 Å². The van der Waals surface area contributed by atoms with Gasteiger partial charge >= 0.3 is 7.12 Å². The summed E-state index contributed by atoms with van der Waals surface area (Å²) in [6.07, 6.45) is 0. The standard InChI is InChI=1S/C15H20BNO2/c1-10-7-12(8-11(2)13(10)9-17)16-18-14(3,4)15(5,6)19-16/h7-8H,1-6H3. The summed E-state index contributed by atoms with van der Waals surface area (Å²) in [5, 5.41) is 9.11. The predicted octanol–water partition coefficient (Wildman–Crippen LogP) is 2.47. The van der Waals surface area contributed by atoms with Crippen molar-refractivity contribution in [3.63, 3.8) is 0 Å². The maximum atomic E-state index is 9.11. The van der Waals surface area contributed by atoms with Gasteiger partial charge in [-0.1, -0.05) is 12.1 Å². The summed E-state index contributed by atoms with van der Waals surface area (Å²) in [7, 11) is -0.366.